The van der Waals surface area contributed by atoms with Crippen molar-refractivity contribution >= 4 is 16.9 Å². The van der Waals surface area contributed by atoms with Crippen molar-refractivity contribution in [3.05, 3.63) is 29.0 Å². The zero-order valence-electron chi connectivity index (χ0n) is 14.8. The SMILES string of the molecule is COc1cc(C)cc2c(C)c(C(=O)N3C[C@H](O)[C@@H](N(C)C)C3)oc12. The molecular formula is C18H24N2O4. The molecule has 2 aromatic rings. The fraction of sp³-hybridized carbons (Fsp3) is 0.500. The summed E-state index contributed by atoms with van der Waals surface area (Å²) < 4.78 is 11.3. The van der Waals surface area contributed by atoms with Gasteiger partial charge in [-0.3, -0.25) is 4.79 Å². The predicted molar refractivity (Wildman–Crippen MR) is 91.6 cm³/mol. The van der Waals surface area contributed by atoms with Crippen LogP contribution in [-0.2, 0) is 0 Å². The minimum Gasteiger partial charge on any atom is -0.493 e. The van der Waals surface area contributed by atoms with E-state index in [0.29, 0.717) is 30.2 Å². The molecule has 0 spiro atoms. The summed E-state index contributed by atoms with van der Waals surface area (Å²) >= 11 is 0. The molecule has 1 saturated heterocycles. The monoisotopic (exact) mass is 332 g/mol. The summed E-state index contributed by atoms with van der Waals surface area (Å²) in [5, 5.41) is 11.1. The summed E-state index contributed by atoms with van der Waals surface area (Å²) in [6.45, 7) is 4.66. The van der Waals surface area contributed by atoms with E-state index in [1.54, 1.807) is 12.0 Å². The molecule has 1 fully saturated rings. The molecule has 2 atom stereocenters. The zero-order chi connectivity index (χ0) is 17.6. The molecule has 1 aromatic carbocycles. The maximum atomic E-state index is 12.9. The van der Waals surface area contributed by atoms with Crippen molar-refractivity contribution in [2.75, 3.05) is 34.3 Å². The van der Waals surface area contributed by atoms with Crippen LogP contribution >= 0.6 is 0 Å². The lowest BCUT2D eigenvalue weighted by Gasteiger charge is -2.21. The minimum atomic E-state index is -0.551. The number of nitrogens with zero attached hydrogens (tertiary/aromatic N) is 2. The number of β-amino-alcohol motifs (C(OH)–C–C–N with tert-alkyl or cyclic N) is 1. The van der Waals surface area contributed by atoms with Crippen LogP contribution in [0.15, 0.2) is 16.5 Å². The molecule has 0 saturated carbocycles. The summed E-state index contributed by atoms with van der Waals surface area (Å²) in [7, 11) is 5.40. The van der Waals surface area contributed by atoms with Crippen LogP contribution in [0, 0.1) is 13.8 Å². The van der Waals surface area contributed by atoms with Crippen molar-refractivity contribution < 1.29 is 19.1 Å². The number of methoxy groups -OCH3 is 1. The molecular weight excluding hydrogens is 308 g/mol. The fourth-order valence-electron chi connectivity index (χ4n) is 3.37. The number of likely N-dealkylation sites (tertiary alicyclic amines) is 1. The van der Waals surface area contributed by atoms with Crippen molar-refractivity contribution in [3.8, 4) is 5.75 Å². The van der Waals surface area contributed by atoms with Gasteiger partial charge in [0.15, 0.2) is 17.1 Å². The summed E-state index contributed by atoms with van der Waals surface area (Å²) in [6, 6.07) is 3.83. The maximum Gasteiger partial charge on any atom is 0.290 e. The van der Waals surface area contributed by atoms with E-state index in [1.807, 2.05) is 45.0 Å². The molecule has 6 nitrogen and oxygen atoms in total. The number of benzene rings is 1. The number of amides is 1. The van der Waals surface area contributed by atoms with Crippen molar-refractivity contribution in [2.24, 2.45) is 0 Å². The average Bonchev–Trinajstić information content (AvgIpc) is 3.07. The minimum absolute atomic E-state index is 0.0598. The van der Waals surface area contributed by atoms with Crippen LogP contribution in [0.1, 0.15) is 21.7 Å². The molecule has 1 aliphatic heterocycles. The Morgan fingerprint density at radius 1 is 1.33 bits per heavy atom. The Morgan fingerprint density at radius 2 is 2.04 bits per heavy atom. The van der Waals surface area contributed by atoms with Gasteiger partial charge in [0.1, 0.15) is 0 Å². The van der Waals surface area contributed by atoms with Gasteiger partial charge in [-0.05, 0) is 45.6 Å². The standard InChI is InChI=1S/C18H24N2O4/c1-10-6-12-11(2)16(24-17(12)15(7-10)23-5)18(22)20-8-13(19(3)4)14(21)9-20/h6-7,13-14,21H,8-9H2,1-5H3/t13-,14-/m0/s1. The highest BCUT2D eigenvalue weighted by Crippen LogP contribution is 2.34. The maximum absolute atomic E-state index is 12.9. The molecule has 3 rings (SSSR count). The molecule has 1 amide bonds. The first-order valence-electron chi connectivity index (χ1n) is 8.05. The molecule has 1 aromatic heterocycles. The zero-order valence-corrected chi connectivity index (χ0v) is 14.8. The lowest BCUT2D eigenvalue weighted by Crippen LogP contribution is -2.38. The molecule has 130 valence electrons. The Bertz CT molecular complexity index is 781. The van der Waals surface area contributed by atoms with Gasteiger partial charge < -0.3 is 24.1 Å². The second-order valence-electron chi connectivity index (χ2n) is 6.71. The van der Waals surface area contributed by atoms with Gasteiger partial charge in [-0.1, -0.05) is 0 Å². The highest BCUT2D eigenvalue weighted by molar-refractivity contribution is 6.00. The molecule has 2 heterocycles. The predicted octanol–water partition coefficient (Wildman–Crippen LogP) is 1.81. The number of carbonyl (C=O) groups is 1. The number of aliphatic hydroxyl groups excluding tert-OH is 1. The number of hydrogen-bond acceptors (Lipinski definition) is 5. The van der Waals surface area contributed by atoms with Gasteiger partial charge >= 0.3 is 0 Å². The Morgan fingerprint density at radius 3 is 2.62 bits per heavy atom. The molecule has 24 heavy (non-hydrogen) atoms. The number of aliphatic hydroxyl groups is 1. The number of furan rings is 1. The number of aryl methyl sites for hydroxylation is 2. The fourth-order valence-corrected chi connectivity index (χ4v) is 3.37. The lowest BCUT2D eigenvalue weighted by atomic mass is 10.1. The summed E-state index contributed by atoms with van der Waals surface area (Å²) in [4.78, 5) is 16.5. The van der Waals surface area contributed by atoms with Gasteiger partial charge in [0.05, 0.1) is 19.3 Å². The van der Waals surface area contributed by atoms with Crippen LogP contribution in [0.5, 0.6) is 5.75 Å². The van der Waals surface area contributed by atoms with Crippen molar-refractivity contribution in [1.82, 2.24) is 9.80 Å². The smallest absolute Gasteiger partial charge is 0.290 e. The van der Waals surface area contributed by atoms with E-state index >= 15 is 0 Å². The number of fused-ring (bicyclic) bond motifs is 1. The lowest BCUT2D eigenvalue weighted by molar-refractivity contribution is 0.0734. The molecule has 0 radical (unpaired) electrons. The van der Waals surface area contributed by atoms with Gasteiger partial charge in [-0.15, -0.1) is 0 Å². The number of ether oxygens (including phenoxy) is 1. The van der Waals surface area contributed by atoms with Crippen LogP contribution in [-0.4, -0.2) is 67.3 Å². The highest BCUT2D eigenvalue weighted by atomic mass is 16.5. The van der Waals surface area contributed by atoms with E-state index in [9.17, 15) is 9.90 Å². The van der Waals surface area contributed by atoms with Gasteiger partial charge in [0.2, 0.25) is 0 Å². The van der Waals surface area contributed by atoms with Crippen molar-refractivity contribution in [2.45, 2.75) is 26.0 Å². The largest absolute Gasteiger partial charge is 0.493 e. The van der Waals surface area contributed by atoms with Gasteiger partial charge in [-0.2, -0.15) is 0 Å². The van der Waals surface area contributed by atoms with E-state index < -0.39 is 6.10 Å². The first kappa shape index (κ1) is 16.8. The van der Waals surface area contributed by atoms with Crippen LogP contribution in [0.4, 0.5) is 0 Å². The molecule has 1 N–H and O–H groups in total. The van der Waals surface area contributed by atoms with Crippen LogP contribution in [0.3, 0.4) is 0 Å². The quantitative estimate of drug-likeness (QED) is 0.928. The van der Waals surface area contributed by atoms with E-state index in [2.05, 4.69) is 0 Å². The molecule has 6 heteroatoms. The molecule has 0 unspecified atom stereocenters. The summed E-state index contributed by atoms with van der Waals surface area (Å²) in [5.41, 5.74) is 2.44. The Hall–Kier alpha value is -2.05. The second-order valence-corrected chi connectivity index (χ2v) is 6.71. The van der Waals surface area contributed by atoms with Crippen LogP contribution < -0.4 is 4.74 Å². The molecule has 1 aliphatic rings. The van der Waals surface area contributed by atoms with Crippen LogP contribution in [0.2, 0.25) is 0 Å². The second kappa shape index (κ2) is 6.11. The van der Waals surface area contributed by atoms with E-state index in [0.717, 1.165) is 16.5 Å². The van der Waals surface area contributed by atoms with Gasteiger partial charge in [-0.25, -0.2) is 0 Å². The third-order valence-electron chi connectivity index (χ3n) is 4.77. The highest BCUT2D eigenvalue weighted by Gasteiger charge is 2.37. The Kier molecular flexibility index (Phi) is 4.27. The first-order chi connectivity index (χ1) is 11.3. The third kappa shape index (κ3) is 2.65. The molecule has 0 aliphatic carbocycles. The number of carbonyl (C=O) groups excluding carboxylic acids is 1. The number of hydrogen-bond donors (Lipinski definition) is 1. The average molecular weight is 332 g/mol. The topological polar surface area (TPSA) is 66.2 Å². The number of rotatable bonds is 3. The molecule has 0 bridgehead atoms. The first-order valence-corrected chi connectivity index (χ1v) is 8.05. The summed E-state index contributed by atoms with van der Waals surface area (Å²) in [5.74, 6) is 0.757. The van der Waals surface area contributed by atoms with E-state index in [1.165, 1.54) is 0 Å². The number of likely N-dealkylation sites (N-methyl/N-ethyl adjacent to an activating group) is 1. The normalized spacial score (nSPS) is 21.0. The third-order valence-corrected chi connectivity index (χ3v) is 4.77. The van der Waals surface area contributed by atoms with E-state index in [4.69, 9.17) is 9.15 Å². The summed E-state index contributed by atoms with van der Waals surface area (Å²) in [6.07, 6.45) is -0.551. The van der Waals surface area contributed by atoms with Gasteiger partial charge in [0.25, 0.3) is 5.91 Å². The van der Waals surface area contributed by atoms with Crippen LogP contribution in [0.25, 0.3) is 11.0 Å². The Balaban J connectivity index is 1.98. The van der Waals surface area contributed by atoms with E-state index in [-0.39, 0.29) is 11.9 Å². The Labute approximate surface area is 141 Å². The van der Waals surface area contributed by atoms with Crippen molar-refractivity contribution in [3.63, 3.8) is 0 Å². The van der Waals surface area contributed by atoms with Gasteiger partial charge in [0, 0.05) is 24.0 Å². The van der Waals surface area contributed by atoms with Crippen molar-refractivity contribution in [1.29, 1.82) is 0 Å².